The van der Waals surface area contributed by atoms with Crippen molar-refractivity contribution in [3.63, 3.8) is 0 Å². The summed E-state index contributed by atoms with van der Waals surface area (Å²) in [6.07, 6.45) is 0. The molecule has 1 N–H and O–H groups in total. The van der Waals surface area contributed by atoms with Gasteiger partial charge in [-0.25, -0.2) is 4.98 Å². The van der Waals surface area contributed by atoms with Gasteiger partial charge in [0.2, 0.25) is 5.91 Å². The summed E-state index contributed by atoms with van der Waals surface area (Å²) in [6, 6.07) is 18.3. The Bertz CT molecular complexity index is 1360. The summed E-state index contributed by atoms with van der Waals surface area (Å²) >= 11 is 1.19. The van der Waals surface area contributed by atoms with Crippen molar-refractivity contribution in [1.29, 1.82) is 0 Å². The van der Waals surface area contributed by atoms with Gasteiger partial charge in [0.25, 0.3) is 5.56 Å². The Morgan fingerprint density at radius 2 is 1.77 bits per heavy atom. The maximum absolute atomic E-state index is 12.8. The Hall–Kier alpha value is -3.45. The van der Waals surface area contributed by atoms with Gasteiger partial charge in [0.15, 0.2) is 10.9 Å². The highest BCUT2D eigenvalue weighted by Crippen LogP contribution is 2.22. The number of hydrogen-bond donors (Lipinski definition) is 1. The molecule has 0 bridgehead atoms. The summed E-state index contributed by atoms with van der Waals surface area (Å²) in [5.41, 5.74) is 1.54. The van der Waals surface area contributed by atoms with Crippen molar-refractivity contribution in [1.82, 2.24) is 9.55 Å². The summed E-state index contributed by atoms with van der Waals surface area (Å²) in [5.74, 6) is -0.221. The lowest BCUT2D eigenvalue weighted by molar-refractivity contribution is -0.113. The summed E-state index contributed by atoms with van der Waals surface area (Å²) in [4.78, 5) is 41.3. The number of anilines is 1. The van der Waals surface area contributed by atoms with Crippen molar-refractivity contribution >= 4 is 50.8 Å². The van der Waals surface area contributed by atoms with Crippen molar-refractivity contribution in [3.8, 4) is 0 Å². The second kappa shape index (κ2) is 8.12. The Balaban J connectivity index is 1.56. The number of nitrogens with zero attached hydrogens (tertiary/aromatic N) is 2. The van der Waals surface area contributed by atoms with Crippen LogP contribution in [0.1, 0.15) is 17.3 Å². The van der Waals surface area contributed by atoms with Crippen LogP contribution in [0.25, 0.3) is 21.7 Å². The highest BCUT2D eigenvalue weighted by molar-refractivity contribution is 7.99. The monoisotopic (exact) mass is 417 g/mol. The third kappa shape index (κ3) is 3.97. The van der Waals surface area contributed by atoms with E-state index in [0.29, 0.717) is 27.3 Å². The number of hydrogen-bond acceptors (Lipinski definition) is 5. The van der Waals surface area contributed by atoms with E-state index in [0.717, 1.165) is 10.8 Å². The number of rotatable bonds is 5. The molecule has 0 aliphatic carbocycles. The average Bonchev–Trinajstić information content (AvgIpc) is 2.74. The fourth-order valence-corrected chi connectivity index (χ4v) is 3.98. The number of nitrogens with one attached hydrogen (secondary N) is 1. The molecule has 0 fully saturated rings. The van der Waals surface area contributed by atoms with E-state index >= 15 is 0 Å². The molecular formula is C23H19N3O3S. The topological polar surface area (TPSA) is 81.1 Å². The van der Waals surface area contributed by atoms with Gasteiger partial charge in [0, 0.05) is 18.3 Å². The number of fused-ring (bicyclic) bond motifs is 2. The normalized spacial score (nSPS) is 11.0. The molecule has 0 unspecified atom stereocenters. The molecule has 0 aliphatic rings. The average molecular weight is 417 g/mol. The number of carbonyl (C=O) groups is 2. The molecule has 6 nitrogen and oxygen atoms in total. The predicted octanol–water partition coefficient (Wildman–Crippen LogP) is 4.02. The molecule has 0 saturated heterocycles. The Kier molecular flexibility index (Phi) is 5.37. The van der Waals surface area contributed by atoms with E-state index in [1.807, 2.05) is 36.4 Å². The summed E-state index contributed by atoms with van der Waals surface area (Å²) < 4.78 is 1.46. The maximum Gasteiger partial charge on any atom is 0.261 e. The van der Waals surface area contributed by atoms with Crippen LogP contribution in [-0.4, -0.2) is 27.0 Å². The van der Waals surface area contributed by atoms with Crippen LogP contribution in [0.3, 0.4) is 0 Å². The van der Waals surface area contributed by atoms with Gasteiger partial charge < -0.3 is 5.32 Å². The molecule has 4 aromatic rings. The summed E-state index contributed by atoms with van der Waals surface area (Å²) in [7, 11) is 1.65. The van der Waals surface area contributed by atoms with E-state index in [-0.39, 0.29) is 23.0 Å². The van der Waals surface area contributed by atoms with Gasteiger partial charge in [-0.2, -0.15) is 0 Å². The number of benzene rings is 3. The van der Waals surface area contributed by atoms with Crippen molar-refractivity contribution < 1.29 is 9.59 Å². The summed E-state index contributed by atoms with van der Waals surface area (Å²) in [5, 5.41) is 5.78. The van der Waals surface area contributed by atoms with Crippen LogP contribution >= 0.6 is 11.8 Å². The minimum Gasteiger partial charge on any atom is -0.325 e. The fourth-order valence-electron chi connectivity index (χ4n) is 3.21. The Labute approximate surface area is 176 Å². The van der Waals surface area contributed by atoms with E-state index in [1.165, 1.54) is 23.3 Å². The van der Waals surface area contributed by atoms with Crippen molar-refractivity contribution in [3.05, 3.63) is 76.6 Å². The maximum atomic E-state index is 12.8. The van der Waals surface area contributed by atoms with Crippen LogP contribution in [0, 0.1) is 0 Å². The van der Waals surface area contributed by atoms with E-state index in [4.69, 9.17) is 0 Å². The molecule has 30 heavy (non-hydrogen) atoms. The summed E-state index contributed by atoms with van der Waals surface area (Å²) in [6.45, 7) is 1.48. The zero-order valence-corrected chi connectivity index (χ0v) is 17.3. The third-order valence-electron chi connectivity index (χ3n) is 4.79. The number of ketones is 1. The van der Waals surface area contributed by atoms with Crippen LogP contribution in [-0.2, 0) is 11.8 Å². The molecule has 0 aliphatic heterocycles. The van der Waals surface area contributed by atoms with Gasteiger partial charge in [0.05, 0.1) is 16.7 Å². The van der Waals surface area contributed by atoms with E-state index < -0.39 is 0 Å². The van der Waals surface area contributed by atoms with E-state index in [2.05, 4.69) is 10.3 Å². The second-order valence-corrected chi connectivity index (χ2v) is 7.89. The van der Waals surface area contributed by atoms with Gasteiger partial charge >= 0.3 is 0 Å². The smallest absolute Gasteiger partial charge is 0.261 e. The molecular weight excluding hydrogens is 398 g/mol. The van der Waals surface area contributed by atoms with Crippen LogP contribution in [0.2, 0.25) is 0 Å². The Morgan fingerprint density at radius 3 is 2.50 bits per heavy atom. The van der Waals surface area contributed by atoms with Gasteiger partial charge in [-0.15, -0.1) is 0 Å². The first-order valence-corrected chi connectivity index (χ1v) is 10.3. The number of Topliss-reactive ketones (excluding diaryl/α,β-unsaturated/α-hetero) is 1. The highest BCUT2D eigenvalue weighted by Gasteiger charge is 2.12. The third-order valence-corrected chi connectivity index (χ3v) is 5.82. The number of carbonyl (C=O) groups excluding carboxylic acids is 2. The second-order valence-electron chi connectivity index (χ2n) is 6.95. The molecule has 7 heteroatoms. The van der Waals surface area contributed by atoms with Crippen molar-refractivity contribution in [2.75, 3.05) is 11.1 Å². The first-order valence-electron chi connectivity index (χ1n) is 9.35. The quantitative estimate of drug-likeness (QED) is 0.230. The molecule has 1 heterocycles. The van der Waals surface area contributed by atoms with Gasteiger partial charge in [-0.1, -0.05) is 48.2 Å². The van der Waals surface area contributed by atoms with Crippen LogP contribution < -0.4 is 10.9 Å². The molecule has 1 aromatic heterocycles. The van der Waals surface area contributed by atoms with Gasteiger partial charge in [-0.05, 0) is 42.0 Å². The molecule has 1 amide bonds. The molecule has 0 radical (unpaired) electrons. The molecule has 4 rings (SSSR count). The van der Waals surface area contributed by atoms with E-state index in [1.54, 1.807) is 31.3 Å². The lowest BCUT2D eigenvalue weighted by atomic mass is 10.1. The minimum absolute atomic E-state index is 0.0663. The number of thioether (sulfide) groups is 1. The fraction of sp³-hybridized carbons (Fsp3) is 0.130. The molecule has 3 aromatic carbocycles. The lowest BCUT2D eigenvalue weighted by Gasteiger charge is -2.10. The zero-order valence-electron chi connectivity index (χ0n) is 16.5. The number of aromatic nitrogens is 2. The van der Waals surface area contributed by atoms with Gasteiger partial charge in [0.1, 0.15) is 0 Å². The van der Waals surface area contributed by atoms with Crippen LogP contribution in [0.15, 0.2) is 70.6 Å². The molecule has 0 saturated carbocycles. The zero-order chi connectivity index (χ0) is 21.3. The molecule has 150 valence electrons. The SMILES string of the molecule is CC(=O)c1cccc(NC(=O)CSc2nc3cc4ccccc4cc3c(=O)n2C)c1. The lowest BCUT2D eigenvalue weighted by Crippen LogP contribution is -2.21. The first-order chi connectivity index (χ1) is 14.4. The first kappa shape index (κ1) is 19.8. The van der Waals surface area contributed by atoms with Crippen molar-refractivity contribution in [2.24, 2.45) is 7.05 Å². The standard InChI is InChI=1S/C23H19N3O3S/c1-14(27)15-8-5-9-18(10-15)24-21(28)13-30-23-25-20-12-17-7-4-3-6-16(17)11-19(20)22(29)26(23)2/h3-12H,13H2,1-2H3,(H,24,28). The van der Waals surface area contributed by atoms with E-state index in [9.17, 15) is 14.4 Å². The molecule has 0 spiro atoms. The minimum atomic E-state index is -0.242. The van der Waals surface area contributed by atoms with Crippen molar-refractivity contribution in [2.45, 2.75) is 12.1 Å². The molecule has 0 atom stereocenters. The predicted molar refractivity (Wildman–Crippen MR) is 120 cm³/mol. The number of amides is 1. The highest BCUT2D eigenvalue weighted by atomic mass is 32.2. The largest absolute Gasteiger partial charge is 0.325 e. The Morgan fingerprint density at radius 1 is 1.03 bits per heavy atom. The van der Waals surface area contributed by atoms with Crippen LogP contribution in [0.5, 0.6) is 0 Å². The van der Waals surface area contributed by atoms with Crippen LogP contribution in [0.4, 0.5) is 5.69 Å². The van der Waals surface area contributed by atoms with Gasteiger partial charge in [-0.3, -0.25) is 19.0 Å².